The van der Waals surface area contributed by atoms with Crippen LogP contribution in [0.3, 0.4) is 0 Å². The van der Waals surface area contributed by atoms with Crippen LogP contribution in [0.2, 0.25) is 0 Å². The summed E-state index contributed by atoms with van der Waals surface area (Å²) in [5.41, 5.74) is 7.06. The number of pyridine rings is 1. The first-order valence-corrected chi connectivity index (χ1v) is 17.7. The van der Waals surface area contributed by atoms with Gasteiger partial charge in [0.25, 0.3) is 0 Å². The summed E-state index contributed by atoms with van der Waals surface area (Å²) in [6.45, 7) is 4.24. The molecule has 9 heteroatoms. The number of unbranched alkanes of at least 4 members (excludes halogenated alkanes) is 2. The standard InChI is InChI=1S/C41H50N4O5/c1-30(47)42-21-6-3-4-15-40(48)44-27-32-10-8-11-34(24-32)35-12-9-13-36(25-35)41-49-38(28-45(2)23-20-37-14-5-7-22-43-37)26-39(50-41)33-18-16-31(29-46)17-19-33/h5,7-14,16-19,22,24-25,38-39,41,46H,3-4,6,15,20-21,23,26-29H2,1-2H3,(H,42,47)(H,44,48)/t38-,39+,41+/m0/s1. The number of nitrogens with one attached hydrogen (secondary N) is 2. The summed E-state index contributed by atoms with van der Waals surface area (Å²) in [7, 11) is 2.12. The minimum absolute atomic E-state index is 0.00369. The molecule has 1 fully saturated rings. The number of aliphatic hydroxyl groups is 1. The highest BCUT2D eigenvalue weighted by atomic mass is 16.7. The number of benzene rings is 3. The fraction of sp³-hybridized carbons (Fsp3) is 0.390. The van der Waals surface area contributed by atoms with Crippen LogP contribution >= 0.6 is 0 Å². The highest BCUT2D eigenvalue weighted by Gasteiger charge is 2.33. The van der Waals surface area contributed by atoms with Crippen LogP contribution in [-0.4, -0.2) is 59.6 Å². The summed E-state index contributed by atoms with van der Waals surface area (Å²) >= 11 is 0. The van der Waals surface area contributed by atoms with Crippen molar-refractivity contribution in [2.45, 2.75) is 77.1 Å². The molecule has 0 aliphatic carbocycles. The maximum atomic E-state index is 12.5. The Hall–Kier alpha value is -4.41. The van der Waals surface area contributed by atoms with Crippen LogP contribution in [0.15, 0.2) is 97.2 Å². The molecule has 1 saturated heterocycles. The molecule has 2 amide bonds. The van der Waals surface area contributed by atoms with Gasteiger partial charge in [-0.1, -0.05) is 73.2 Å². The Bertz CT molecular complexity index is 1650. The number of hydrogen-bond acceptors (Lipinski definition) is 7. The summed E-state index contributed by atoms with van der Waals surface area (Å²) < 4.78 is 13.3. The fourth-order valence-corrected chi connectivity index (χ4v) is 6.19. The van der Waals surface area contributed by atoms with E-state index in [4.69, 9.17) is 9.47 Å². The number of likely N-dealkylation sites (N-methyl/N-ethyl adjacent to an activating group) is 1. The normalized spacial score (nSPS) is 17.4. The molecule has 0 saturated carbocycles. The number of carbonyl (C=O) groups is 2. The summed E-state index contributed by atoms with van der Waals surface area (Å²) in [5, 5.41) is 15.4. The molecule has 0 radical (unpaired) electrons. The van der Waals surface area contributed by atoms with Gasteiger partial charge in [-0.2, -0.15) is 0 Å². The first kappa shape index (κ1) is 36.9. The van der Waals surface area contributed by atoms with Crippen molar-refractivity contribution in [1.82, 2.24) is 20.5 Å². The molecule has 3 aromatic carbocycles. The molecular formula is C41H50N4O5. The number of amides is 2. The van der Waals surface area contributed by atoms with Gasteiger partial charge in [0.05, 0.1) is 18.8 Å². The van der Waals surface area contributed by atoms with E-state index in [0.29, 0.717) is 25.9 Å². The summed E-state index contributed by atoms with van der Waals surface area (Å²) in [5.74, 6) is 0.00391. The fourth-order valence-electron chi connectivity index (χ4n) is 6.19. The number of nitrogens with zero attached hydrogens (tertiary/aromatic N) is 2. The van der Waals surface area contributed by atoms with Crippen LogP contribution in [0.5, 0.6) is 0 Å². The second-order valence-electron chi connectivity index (χ2n) is 13.1. The monoisotopic (exact) mass is 678 g/mol. The Morgan fingerprint density at radius 1 is 0.860 bits per heavy atom. The Morgan fingerprint density at radius 2 is 1.66 bits per heavy atom. The van der Waals surface area contributed by atoms with E-state index in [1.54, 1.807) is 0 Å². The van der Waals surface area contributed by atoms with Gasteiger partial charge in [0.15, 0.2) is 6.29 Å². The molecule has 0 unspecified atom stereocenters. The minimum Gasteiger partial charge on any atom is -0.392 e. The average molecular weight is 679 g/mol. The lowest BCUT2D eigenvalue weighted by Gasteiger charge is -2.38. The van der Waals surface area contributed by atoms with Gasteiger partial charge in [0.2, 0.25) is 11.8 Å². The first-order valence-electron chi connectivity index (χ1n) is 17.7. The van der Waals surface area contributed by atoms with Crippen LogP contribution in [0, 0.1) is 0 Å². The summed E-state index contributed by atoms with van der Waals surface area (Å²) in [6, 6.07) is 30.5. The van der Waals surface area contributed by atoms with E-state index < -0.39 is 6.29 Å². The van der Waals surface area contributed by atoms with Crippen LogP contribution < -0.4 is 10.6 Å². The number of carbonyl (C=O) groups excluding carboxylic acids is 2. The van der Waals surface area contributed by atoms with Gasteiger partial charge in [-0.25, -0.2) is 0 Å². The van der Waals surface area contributed by atoms with Gasteiger partial charge in [-0.15, -0.1) is 0 Å². The molecule has 50 heavy (non-hydrogen) atoms. The van der Waals surface area contributed by atoms with E-state index in [1.165, 1.54) is 6.92 Å². The predicted octanol–water partition coefficient (Wildman–Crippen LogP) is 6.27. The molecule has 0 bridgehead atoms. The number of ether oxygens (including phenoxy) is 2. The zero-order chi connectivity index (χ0) is 35.1. The van der Waals surface area contributed by atoms with Crippen molar-refractivity contribution >= 4 is 11.8 Å². The highest BCUT2D eigenvalue weighted by molar-refractivity contribution is 5.76. The topological polar surface area (TPSA) is 113 Å². The van der Waals surface area contributed by atoms with Crippen molar-refractivity contribution in [3.05, 3.63) is 125 Å². The zero-order valence-corrected chi connectivity index (χ0v) is 29.2. The van der Waals surface area contributed by atoms with Gasteiger partial charge >= 0.3 is 0 Å². The molecule has 2 heterocycles. The first-order chi connectivity index (χ1) is 24.4. The lowest BCUT2D eigenvalue weighted by molar-refractivity contribution is -0.252. The molecule has 5 rings (SSSR count). The quantitative estimate of drug-likeness (QED) is 0.113. The molecule has 1 aromatic heterocycles. The maximum Gasteiger partial charge on any atom is 0.220 e. The predicted molar refractivity (Wildman–Crippen MR) is 195 cm³/mol. The third-order valence-electron chi connectivity index (χ3n) is 8.97. The van der Waals surface area contributed by atoms with Crippen molar-refractivity contribution in [2.75, 3.05) is 26.7 Å². The summed E-state index contributed by atoms with van der Waals surface area (Å²) in [4.78, 5) is 30.2. The van der Waals surface area contributed by atoms with Crippen LogP contribution in [0.1, 0.15) is 79.4 Å². The van der Waals surface area contributed by atoms with E-state index in [2.05, 4.69) is 57.9 Å². The molecule has 264 valence electrons. The molecule has 1 aliphatic rings. The van der Waals surface area contributed by atoms with E-state index in [9.17, 15) is 14.7 Å². The number of hydrogen-bond donors (Lipinski definition) is 3. The largest absolute Gasteiger partial charge is 0.392 e. The Labute approximate surface area is 296 Å². The van der Waals surface area contributed by atoms with Gasteiger partial charge in [0.1, 0.15) is 0 Å². The van der Waals surface area contributed by atoms with Crippen molar-refractivity contribution in [1.29, 1.82) is 0 Å². The molecule has 0 spiro atoms. The third-order valence-corrected chi connectivity index (χ3v) is 8.97. The number of rotatable bonds is 17. The lowest BCUT2D eigenvalue weighted by Crippen LogP contribution is -2.38. The molecular weight excluding hydrogens is 628 g/mol. The van der Waals surface area contributed by atoms with Crippen LogP contribution in [-0.2, 0) is 38.6 Å². The molecule has 3 N–H and O–H groups in total. The van der Waals surface area contributed by atoms with E-state index in [-0.39, 0.29) is 30.6 Å². The number of aromatic nitrogens is 1. The maximum absolute atomic E-state index is 12.5. The van der Waals surface area contributed by atoms with Gasteiger partial charge < -0.3 is 30.1 Å². The lowest BCUT2D eigenvalue weighted by atomic mass is 9.98. The Balaban J connectivity index is 1.23. The zero-order valence-electron chi connectivity index (χ0n) is 29.2. The average Bonchev–Trinajstić information content (AvgIpc) is 3.15. The minimum atomic E-state index is -0.555. The molecule has 3 atom stereocenters. The van der Waals surface area contributed by atoms with Gasteiger partial charge in [-0.05, 0) is 72.0 Å². The smallest absolute Gasteiger partial charge is 0.220 e. The Morgan fingerprint density at radius 3 is 2.42 bits per heavy atom. The second-order valence-corrected chi connectivity index (χ2v) is 13.1. The SMILES string of the molecule is CC(=O)NCCCCCC(=O)NCc1cccc(-c2cccc([C@@H]3O[C@H](CN(C)CCc4ccccn4)C[C@H](c4ccc(CO)cc4)O3)c2)c1. The molecule has 4 aromatic rings. The molecule has 1 aliphatic heterocycles. The van der Waals surface area contributed by atoms with E-state index in [0.717, 1.165) is 77.8 Å². The van der Waals surface area contributed by atoms with Crippen LogP contribution in [0.25, 0.3) is 11.1 Å². The number of aliphatic hydroxyl groups excluding tert-OH is 1. The van der Waals surface area contributed by atoms with E-state index >= 15 is 0 Å². The summed E-state index contributed by atoms with van der Waals surface area (Å²) in [6.07, 6.45) is 5.66. The third kappa shape index (κ3) is 11.6. The second kappa shape index (κ2) is 19.1. The molecule has 9 nitrogen and oxygen atoms in total. The van der Waals surface area contributed by atoms with Gasteiger partial charge in [-0.3, -0.25) is 14.6 Å². The van der Waals surface area contributed by atoms with E-state index in [1.807, 2.05) is 66.9 Å². The van der Waals surface area contributed by atoms with Gasteiger partial charge in [0, 0.05) is 69.8 Å². The highest BCUT2D eigenvalue weighted by Crippen LogP contribution is 2.39. The Kier molecular flexibility index (Phi) is 14.1. The van der Waals surface area contributed by atoms with Crippen molar-refractivity contribution in [3.63, 3.8) is 0 Å². The van der Waals surface area contributed by atoms with Crippen molar-refractivity contribution in [2.24, 2.45) is 0 Å². The van der Waals surface area contributed by atoms with Crippen molar-refractivity contribution < 1.29 is 24.2 Å². The van der Waals surface area contributed by atoms with Crippen molar-refractivity contribution in [3.8, 4) is 11.1 Å². The van der Waals surface area contributed by atoms with Crippen LogP contribution in [0.4, 0.5) is 0 Å².